The van der Waals surface area contributed by atoms with Gasteiger partial charge in [0.15, 0.2) is 11.6 Å². The highest BCUT2D eigenvalue weighted by Gasteiger charge is 2.26. The predicted molar refractivity (Wildman–Crippen MR) is 125 cm³/mol. The molecule has 2 aromatic carbocycles. The third-order valence-electron chi connectivity index (χ3n) is 5.84. The lowest BCUT2D eigenvalue weighted by Gasteiger charge is -2.34. The molecule has 4 rings (SSSR count). The molecule has 0 spiro atoms. The summed E-state index contributed by atoms with van der Waals surface area (Å²) in [5.41, 5.74) is -0.382. The average molecular weight is 453 g/mol. The molecule has 1 atom stereocenters. The number of aryl methyl sites for hydroxylation is 1. The summed E-state index contributed by atoms with van der Waals surface area (Å²) >= 11 is 0. The molecular weight excluding hydrogens is 428 g/mol. The van der Waals surface area contributed by atoms with Crippen LogP contribution in [0.25, 0.3) is 17.0 Å². The van der Waals surface area contributed by atoms with Crippen molar-refractivity contribution in [1.82, 2.24) is 9.88 Å². The summed E-state index contributed by atoms with van der Waals surface area (Å²) in [6, 6.07) is 7.30. The van der Waals surface area contributed by atoms with Gasteiger partial charge in [-0.3, -0.25) is 9.59 Å². The maximum Gasteiger partial charge on any atom is 0.200 e. The van der Waals surface area contributed by atoms with Crippen molar-refractivity contribution >= 4 is 28.4 Å². The van der Waals surface area contributed by atoms with Crippen molar-refractivity contribution in [3.8, 4) is 5.75 Å². The fourth-order valence-electron chi connectivity index (χ4n) is 4.17. The molecule has 3 aromatic rings. The van der Waals surface area contributed by atoms with E-state index >= 15 is 8.78 Å². The number of nitrogens with zero attached hydrogens (tertiary/aromatic N) is 2. The highest BCUT2D eigenvalue weighted by molar-refractivity contribution is 6.08. The number of allylic oxidation sites excluding steroid dienone is 1. The van der Waals surface area contributed by atoms with Crippen molar-refractivity contribution in [3.05, 3.63) is 75.6 Å². The van der Waals surface area contributed by atoms with Crippen LogP contribution in [0, 0.1) is 11.6 Å². The van der Waals surface area contributed by atoms with Crippen LogP contribution in [-0.4, -0.2) is 41.1 Å². The summed E-state index contributed by atoms with van der Waals surface area (Å²) in [4.78, 5) is 27.5. The molecular formula is C25H25F2N3O3. The van der Waals surface area contributed by atoms with Crippen LogP contribution >= 0.6 is 0 Å². The zero-order valence-corrected chi connectivity index (χ0v) is 18.4. The van der Waals surface area contributed by atoms with Gasteiger partial charge < -0.3 is 19.9 Å². The number of benzene rings is 2. The van der Waals surface area contributed by atoms with E-state index in [9.17, 15) is 14.7 Å². The Morgan fingerprint density at radius 3 is 2.67 bits per heavy atom. The van der Waals surface area contributed by atoms with E-state index in [0.717, 1.165) is 6.07 Å². The number of rotatable bonds is 5. The number of halogens is 2. The lowest BCUT2D eigenvalue weighted by Crippen LogP contribution is -2.49. The minimum absolute atomic E-state index is 0.0100. The molecule has 172 valence electrons. The molecule has 1 aliphatic heterocycles. The van der Waals surface area contributed by atoms with Crippen LogP contribution in [-0.2, 0) is 6.54 Å². The fourth-order valence-corrected chi connectivity index (χ4v) is 4.17. The van der Waals surface area contributed by atoms with Gasteiger partial charge in [-0.2, -0.15) is 0 Å². The summed E-state index contributed by atoms with van der Waals surface area (Å²) in [6.07, 6.45) is 4.08. The van der Waals surface area contributed by atoms with Gasteiger partial charge in [0.2, 0.25) is 5.43 Å². The lowest BCUT2D eigenvalue weighted by molar-refractivity contribution is 0.104. The number of carbonyl (C=O) groups is 1. The van der Waals surface area contributed by atoms with E-state index in [2.05, 4.69) is 5.32 Å². The standard InChI is InChI=1S/C25H25F2N3O3/c1-3-29-14-19(21(32)9-6-16-4-7-17(31)8-5-16)25(33)18-12-20(26)24(22(27)23(18)29)30-11-10-28-15(2)13-30/h4-9,12,14-15,28,31H,3,10-11,13H2,1-2H3. The molecule has 8 heteroatoms. The molecule has 0 bridgehead atoms. The zero-order chi connectivity index (χ0) is 23.7. The summed E-state index contributed by atoms with van der Waals surface area (Å²) in [6.45, 7) is 5.47. The number of aromatic hydroxyl groups is 1. The Labute approximate surface area is 189 Å². The Morgan fingerprint density at radius 2 is 2.00 bits per heavy atom. The Balaban J connectivity index is 1.80. The predicted octanol–water partition coefficient (Wildman–Crippen LogP) is 3.70. The number of piperazine rings is 1. The molecule has 33 heavy (non-hydrogen) atoms. The first-order valence-corrected chi connectivity index (χ1v) is 10.8. The molecule has 0 amide bonds. The Bertz CT molecular complexity index is 1300. The second kappa shape index (κ2) is 9.15. The minimum Gasteiger partial charge on any atom is -0.508 e. The molecule has 6 nitrogen and oxygen atoms in total. The van der Waals surface area contributed by atoms with E-state index in [1.807, 2.05) is 6.92 Å². The van der Waals surface area contributed by atoms with Crippen LogP contribution in [0.3, 0.4) is 0 Å². The third-order valence-corrected chi connectivity index (χ3v) is 5.84. The van der Waals surface area contributed by atoms with E-state index in [1.165, 1.54) is 35.0 Å². The Kier molecular flexibility index (Phi) is 6.29. The number of nitrogens with one attached hydrogen (secondary N) is 1. The van der Waals surface area contributed by atoms with Gasteiger partial charge in [0, 0.05) is 38.4 Å². The van der Waals surface area contributed by atoms with Crippen LogP contribution in [0.1, 0.15) is 29.8 Å². The van der Waals surface area contributed by atoms with E-state index < -0.39 is 22.8 Å². The van der Waals surface area contributed by atoms with Gasteiger partial charge in [0.05, 0.1) is 16.5 Å². The monoisotopic (exact) mass is 453 g/mol. The quantitative estimate of drug-likeness (QED) is 0.455. The highest BCUT2D eigenvalue weighted by Crippen LogP contribution is 2.31. The molecule has 1 saturated heterocycles. The first-order chi connectivity index (χ1) is 15.8. The summed E-state index contributed by atoms with van der Waals surface area (Å²) in [7, 11) is 0. The number of fused-ring (bicyclic) bond motifs is 1. The molecule has 1 aliphatic rings. The SMILES string of the molecule is CCn1cc(C(=O)C=Cc2ccc(O)cc2)c(=O)c2cc(F)c(N3CCNC(C)C3)c(F)c21. The van der Waals surface area contributed by atoms with Crippen molar-refractivity contribution in [2.75, 3.05) is 24.5 Å². The number of phenolic OH excluding ortho intramolecular Hbond substituents is 1. The molecule has 1 aromatic heterocycles. The van der Waals surface area contributed by atoms with Gasteiger partial charge in [-0.15, -0.1) is 0 Å². The van der Waals surface area contributed by atoms with E-state index in [0.29, 0.717) is 31.7 Å². The average Bonchev–Trinajstić information content (AvgIpc) is 2.79. The van der Waals surface area contributed by atoms with Crippen molar-refractivity contribution in [1.29, 1.82) is 0 Å². The molecule has 2 N–H and O–H groups in total. The molecule has 1 fully saturated rings. The van der Waals surface area contributed by atoms with E-state index in [4.69, 9.17) is 0 Å². The number of hydrogen-bond donors (Lipinski definition) is 2. The maximum absolute atomic E-state index is 15.6. The van der Waals surface area contributed by atoms with Gasteiger partial charge in [0.1, 0.15) is 17.3 Å². The molecule has 0 radical (unpaired) electrons. The topological polar surface area (TPSA) is 74.6 Å². The van der Waals surface area contributed by atoms with Gasteiger partial charge in [-0.05, 0) is 43.7 Å². The summed E-state index contributed by atoms with van der Waals surface area (Å²) < 4.78 is 32.2. The largest absolute Gasteiger partial charge is 0.508 e. The second-order valence-electron chi connectivity index (χ2n) is 8.17. The number of carbonyl (C=O) groups excluding carboxylic acids is 1. The van der Waals surface area contributed by atoms with Crippen molar-refractivity contribution in [2.45, 2.75) is 26.4 Å². The summed E-state index contributed by atoms with van der Waals surface area (Å²) in [5, 5.41) is 12.4. The van der Waals surface area contributed by atoms with Gasteiger partial charge in [0.25, 0.3) is 0 Å². The zero-order valence-electron chi connectivity index (χ0n) is 18.4. The summed E-state index contributed by atoms with van der Waals surface area (Å²) in [5.74, 6) is -2.09. The molecule has 2 heterocycles. The Morgan fingerprint density at radius 1 is 1.27 bits per heavy atom. The van der Waals surface area contributed by atoms with Gasteiger partial charge in [-0.1, -0.05) is 18.2 Å². The van der Waals surface area contributed by atoms with Crippen molar-refractivity contribution in [3.63, 3.8) is 0 Å². The van der Waals surface area contributed by atoms with Crippen LogP contribution < -0.4 is 15.6 Å². The number of anilines is 1. The molecule has 0 aliphatic carbocycles. The first-order valence-electron chi connectivity index (χ1n) is 10.8. The lowest BCUT2D eigenvalue weighted by atomic mass is 10.0. The normalized spacial score (nSPS) is 16.6. The number of ketones is 1. The third kappa shape index (κ3) is 4.39. The van der Waals surface area contributed by atoms with Crippen LogP contribution in [0.4, 0.5) is 14.5 Å². The van der Waals surface area contributed by atoms with E-state index in [1.54, 1.807) is 24.0 Å². The number of pyridine rings is 1. The highest BCUT2D eigenvalue weighted by atomic mass is 19.1. The second-order valence-corrected chi connectivity index (χ2v) is 8.17. The van der Waals surface area contributed by atoms with Gasteiger partial charge >= 0.3 is 0 Å². The van der Waals surface area contributed by atoms with E-state index in [-0.39, 0.29) is 33.9 Å². The van der Waals surface area contributed by atoms with Crippen LogP contribution in [0.2, 0.25) is 0 Å². The molecule has 0 saturated carbocycles. The van der Waals surface area contributed by atoms with Gasteiger partial charge in [-0.25, -0.2) is 8.78 Å². The van der Waals surface area contributed by atoms with Crippen LogP contribution in [0.15, 0.2) is 47.4 Å². The number of phenols is 1. The smallest absolute Gasteiger partial charge is 0.200 e. The van der Waals surface area contributed by atoms with Crippen LogP contribution in [0.5, 0.6) is 5.75 Å². The Hall–Kier alpha value is -3.52. The van der Waals surface area contributed by atoms with Crippen molar-refractivity contribution in [2.24, 2.45) is 0 Å². The number of aromatic nitrogens is 1. The maximum atomic E-state index is 15.6. The fraction of sp³-hybridized carbons (Fsp3) is 0.280. The molecule has 1 unspecified atom stereocenters. The van der Waals surface area contributed by atoms with Crippen molar-refractivity contribution < 1.29 is 18.7 Å². The minimum atomic E-state index is -0.821. The first kappa shape index (κ1) is 22.7. The number of hydrogen-bond acceptors (Lipinski definition) is 5.